The number of urea groups is 1. The quantitative estimate of drug-likeness (QED) is 0.330. The predicted octanol–water partition coefficient (Wildman–Crippen LogP) is 1.84. The second-order valence-corrected chi connectivity index (χ2v) is 5.67. The lowest BCUT2D eigenvalue weighted by molar-refractivity contribution is -0.136. The van der Waals surface area contributed by atoms with Gasteiger partial charge in [-0.1, -0.05) is 30.3 Å². The van der Waals surface area contributed by atoms with Crippen LogP contribution in [0.15, 0.2) is 42.5 Å². The Bertz CT molecular complexity index is 835. The second-order valence-electron chi connectivity index (χ2n) is 5.67. The fourth-order valence-corrected chi connectivity index (χ4v) is 2.69. The number of carboxylic acid groups (broad SMARTS) is 1. The average Bonchev–Trinajstić information content (AvgIpc) is 2.57. The molecule has 0 unspecified atom stereocenters. The van der Waals surface area contributed by atoms with Crippen molar-refractivity contribution in [2.45, 2.75) is 19.4 Å². The van der Waals surface area contributed by atoms with Gasteiger partial charge in [-0.3, -0.25) is 10.2 Å². The monoisotopic (exact) mass is 355 g/mol. The molecule has 0 radical (unpaired) electrons. The van der Waals surface area contributed by atoms with Crippen LogP contribution in [0.4, 0.5) is 10.5 Å². The molecular formula is C18H21N5O3. The van der Waals surface area contributed by atoms with Crippen LogP contribution >= 0.6 is 0 Å². The topological polar surface area (TPSA) is 154 Å². The van der Waals surface area contributed by atoms with E-state index in [9.17, 15) is 9.59 Å². The first kappa shape index (κ1) is 18.8. The number of primary amides is 1. The Hall–Kier alpha value is -3.55. The third kappa shape index (κ3) is 5.23. The van der Waals surface area contributed by atoms with E-state index in [2.05, 4.69) is 10.6 Å². The molecule has 0 atom stereocenters. The molecule has 8 N–H and O–H groups in total. The minimum atomic E-state index is -0.892. The molecule has 0 aliphatic carbocycles. The van der Waals surface area contributed by atoms with Gasteiger partial charge in [0.15, 0.2) is 5.96 Å². The highest BCUT2D eigenvalue weighted by Crippen LogP contribution is 2.29. The molecule has 0 saturated carbocycles. The summed E-state index contributed by atoms with van der Waals surface area (Å²) in [4.78, 5) is 22.1. The summed E-state index contributed by atoms with van der Waals surface area (Å²) in [6, 6.07) is 12.2. The van der Waals surface area contributed by atoms with Gasteiger partial charge in [0.2, 0.25) is 0 Å². The van der Waals surface area contributed by atoms with E-state index in [1.54, 1.807) is 6.07 Å². The lowest BCUT2D eigenvalue weighted by atomic mass is 9.93. The van der Waals surface area contributed by atoms with Crippen molar-refractivity contribution < 1.29 is 14.7 Å². The van der Waals surface area contributed by atoms with Crippen molar-refractivity contribution in [2.24, 2.45) is 11.5 Å². The number of anilines is 1. The number of hydrogen-bond acceptors (Lipinski definition) is 3. The zero-order chi connectivity index (χ0) is 19.1. The van der Waals surface area contributed by atoms with Crippen molar-refractivity contribution >= 4 is 23.6 Å². The summed E-state index contributed by atoms with van der Waals surface area (Å²) < 4.78 is 0. The van der Waals surface area contributed by atoms with E-state index in [1.165, 1.54) is 0 Å². The van der Waals surface area contributed by atoms with E-state index < -0.39 is 12.0 Å². The highest BCUT2D eigenvalue weighted by atomic mass is 16.4. The van der Waals surface area contributed by atoms with Gasteiger partial charge in [0.05, 0.1) is 0 Å². The molecule has 8 nitrogen and oxygen atoms in total. The van der Waals surface area contributed by atoms with Crippen LogP contribution < -0.4 is 22.1 Å². The Kier molecular flexibility index (Phi) is 6.15. The summed E-state index contributed by atoms with van der Waals surface area (Å²) in [6.45, 7) is 0.185. The second kappa shape index (κ2) is 8.52. The number of carbonyl (C=O) groups excluding carboxylic acids is 1. The van der Waals surface area contributed by atoms with E-state index in [4.69, 9.17) is 22.0 Å². The third-order valence-electron chi connectivity index (χ3n) is 3.77. The van der Waals surface area contributed by atoms with E-state index in [-0.39, 0.29) is 18.9 Å². The predicted molar refractivity (Wildman–Crippen MR) is 99.8 cm³/mol. The van der Waals surface area contributed by atoms with Crippen LogP contribution in [-0.2, 0) is 17.8 Å². The minimum absolute atomic E-state index is 0.0149. The molecule has 0 saturated heterocycles. The van der Waals surface area contributed by atoms with E-state index in [0.29, 0.717) is 12.1 Å². The standard InChI is InChI=1S/C18H21N5O3/c19-17(20)23-13-5-1-4-12(9-13)14-6-2-3-11(7-8-16(24)25)15(14)10-22-18(21)26/h1-6,9H,7-8,10H2,(H,24,25)(H4,19,20,23)(H3,21,22,26). The summed E-state index contributed by atoms with van der Waals surface area (Å²) in [6.07, 6.45) is 0.323. The Morgan fingerprint density at radius 1 is 1.12 bits per heavy atom. The maximum Gasteiger partial charge on any atom is 0.312 e. The van der Waals surface area contributed by atoms with Gasteiger partial charge in [-0.2, -0.15) is 0 Å². The van der Waals surface area contributed by atoms with Crippen LogP contribution in [0.3, 0.4) is 0 Å². The van der Waals surface area contributed by atoms with Gasteiger partial charge in [-0.25, -0.2) is 4.79 Å². The third-order valence-corrected chi connectivity index (χ3v) is 3.77. The number of carboxylic acids is 1. The maximum atomic E-state index is 11.1. The number of aryl methyl sites for hydroxylation is 1. The van der Waals surface area contributed by atoms with Crippen LogP contribution in [-0.4, -0.2) is 23.1 Å². The molecular weight excluding hydrogens is 334 g/mol. The molecule has 26 heavy (non-hydrogen) atoms. The number of rotatable bonds is 7. The summed E-state index contributed by atoms with van der Waals surface area (Å²) >= 11 is 0. The highest BCUT2D eigenvalue weighted by Gasteiger charge is 2.12. The fourth-order valence-electron chi connectivity index (χ4n) is 2.69. The van der Waals surface area contributed by atoms with Gasteiger partial charge in [0.1, 0.15) is 0 Å². The SMILES string of the molecule is N=C(N)Nc1cccc(-c2cccc(CCC(=O)O)c2CNC(N)=O)c1. The Balaban J connectivity index is 2.45. The molecule has 0 bridgehead atoms. The van der Waals surface area contributed by atoms with E-state index in [1.807, 2.05) is 36.4 Å². The number of nitrogens with two attached hydrogens (primary N) is 2. The summed E-state index contributed by atoms with van der Waals surface area (Å²) in [5.41, 5.74) is 14.5. The van der Waals surface area contributed by atoms with Crippen molar-refractivity contribution in [3.05, 3.63) is 53.6 Å². The molecule has 0 fully saturated rings. The molecule has 2 rings (SSSR count). The number of benzene rings is 2. The first-order chi connectivity index (χ1) is 12.4. The van der Waals surface area contributed by atoms with Gasteiger partial charge < -0.3 is 27.2 Å². The minimum Gasteiger partial charge on any atom is -0.481 e. The normalized spacial score (nSPS) is 10.2. The lowest BCUT2D eigenvalue weighted by Gasteiger charge is -2.16. The van der Waals surface area contributed by atoms with Gasteiger partial charge >= 0.3 is 12.0 Å². The van der Waals surface area contributed by atoms with Gasteiger partial charge in [0.25, 0.3) is 0 Å². The Morgan fingerprint density at radius 3 is 2.50 bits per heavy atom. The largest absolute Gasteiger partial charge is 0.481 e. The van der Waals surface area contributed by atoms with Crippen LogP contribution in [0.5, 0.6) is 0 Å². The Morgan fingerprint density at radius 2 is 1.85 bits per heavy atom. The first-order valence-electron chi connectivity index (χ1n) is 7.94. The molecule has 0 spiro atoms. The maximum absolute atomic E-state index is 11.1. The van der Waals surface area contributed by atoms with E-state index >= 15 is 0 Å². The number of nitrogens with one attached hydrogen (secondary N) is 3. The molecule has 0 heterocycles. The van der Waals surface area contributed by atoms with Crippen molar-refractivity contribution in [1.29, 1.82) is 5.41 Å². The number of carbonyl (C=O) groups is 2. The zero-order valence-electron chi connectivity index (χ0n) is 14.1. The molecule has 2 aromatic rings. The summed E-state index contributed by atoms with van der Waals surface area (Å²) in [5, 5.41) is 21.6. The molecule has 0 aliphatic heterocycles. The number of amides is 2. The molecule has 0 aromatic heterocycles. The first-order valence-corrected chi connectivity index (χ1v) is 7.94. The molecule has 136 valence electrons. The van der Waals surface area contributed by atoms with Crippen molar-refractivity contribution in [1.82, 2.24) is 5.32 Å². The molecule has 2 amide bonds. The van der Waals surface area contributed by atoms with Gasteiger partial charge in [-0.05, 0) is 40.8 Å². The van der Waals surface area contributed by atoms with Crippen LogP contribution in [0.2, 0.25) is 0 Å². The van der Waals surface area contributed by atoms with Gasteiger partial charge in [0, 0.05) is 18.7 Å². The van der Waals surface area contributed by atoms with Crippen LogP contribution in [0, 0.1) is 5.41 Å². The summed E-state index contributed by atoms with van der Waals surface area (Å²) in [7, 11) is 0. The molecule has 2 aromatic carbocycles. The number of aliphatic carboxylic acids is 1. The van der Waals surface area contributed by atoms with E-state index in [0.717, 1.165) is 22.3 Å². The van der Waals surface area contributed by atoms with Crippen molar-refractivity contribution in [3.63, 3.8) is 0 Å². The van der Waals surface area contributed by atoms with Crippen molar-refractivity contribution in [2.75, 3.05) is 5.32 Å². The highest BCUT2D eigenvalue weighted by molar-refractivity contribution is 5.90. The van der Waals surface area contributed by atoms with Crippen molar-refractivity contribution in [3.8, 4) is 11.1 Å². The Labute approximate surface area is 150 Å². The molecule has 0 aliphatic rings. The van der Waals surface area contributed by atoms with Gasteiger partial charge in [-0.15, -0.1) is 0 Å². The van der Waals surface area contributed by atoms with Crippen LogP contribution in [0.25, 0.3) is 11.1 Å². The van der Waals surface area contributed by atoms with Crippen LogP contribution in [0.1, 0.15) is 17.5 Å². The lowest BCUT2D eigenvalue weighted by Crippen LogP contribution is -2.29. The number of guanidine groups is 1. The summed E-state index contributed by atoms with van der Waals surface area (Å²) in [5.74, 6) is -1.06. The zero-order valence-corrected chi connectivity index (χ0v) is 14.1. The average molecular weight is 355 g/mol. The number of hydrogen-bond donors (Lipinski definition) is 6. The molecule has 8 heteroatoms. The fraction of sp³-hybridized carbons (Fsp3) is 0.167. The smallest absolute Gasteiger partial charge is 0.312 e.